The number of carbonyl (C=O) groups is 1. The minimum absolute atomic E-state index is 0.170. The van der Waals surface area contributed by atoms with Gasteiger partial charge >= 0.3 is 0 Å². The van der Waals surface area contributed by atoms with Crippen molar-refractivity contribution in [3.8, 4) is 0 Å². The Morgan fingerprint density at radius 3 is 2.86 bits per heavy atom. The molecule has 0 saturated carbocycles. The van der Waals surface area contributed by atoms with Crippen molar-refractivity contribution in [2.24, 2.45) is 5.84 Å². The average molecular weight is 289 g/mol. The van der Waals surface area contributed by atoms with Gasteiger partial charge in [0.1, 0.15) is 5.82 Å². The van der Waals surface area contributed by atoms with E-state index in [1.807, 2.05) is 13.8 Å². The number of nitrogens with one attached hydrogen (secondary N) is 2. The Morgan fingerprint density at radius 2 is 2.24 bits per heavy atom. The highest BCUT2D eigenvalue weighted by Crippen LogP contribution is 2.17. The molecule has 0 bridgehead atoms. The number of rotatable bonds is 6. The van der Waals surface area contributed by atoms with E-state index in [0.717, 1.165) is 5.69 Å². The number of anilines is 1. The molecule has 0 unspecified atom stereocenters. The molecule has 2 aromatic heterocycles. The highest BCUT2D eigenvalue weighted by molar-refractivity contribution is 5.95. The van der Waals surface area contributed by atoms with Crippen LogP contribution in [0.25, 0.3) is 0 Å². The molecule has 0 spiro atoms. The Hall–Kier alpha value is -2.48. The molecule has 21 heavy (non-hydrogen) atoms. The molecule has 0 aliphatic carbocycles. The Labute approximate surface area is 122 Å². The van der Waals surface area contributed by atoms with E-state index < -0.39 is 0 Å². The summed E-state index contributed by atoms with van der Waals surface area (Å²) in [7, 11) is 0. The first-order valence-electron chi connectivity index (χ1n) is 6.71. The number of hydrazine groups is 1. The van der Waals surface area contributed by atoms with Gasteiger partial charge in [-0.3, -0.25) is 9.48 Å². The summed E-state index contributed by atoms with van der Waals surface area (Å²) in [5.74, 6) is 5.90. The first-order chi connectivity index (χ1) is 10.1. The number of hydrogen-bond acceptors (Lipinski definition) is 6. The van der Waals surface area contributed by atoms with Crippen LogP contribution >= 0.6 is 0 Å². The summed E-state index contributed by atoms with van der Waals surface area (Å²) >= 11 is 0. The molecule has 8 heteroatoms. The second-order valence-corrected chi connectivity index (χ2v) is 4.89. The lowest BCUT2D eigenvalue weighted by Gasteiger charge is -2.11. The van der Waals surface area contributed by atoms with Gasteiger partial charge in [0.15, 0.2) is 0 Å². The maximum absolute atomic E-state index is 12.2. The first-order valence-corrected chi connectivity index (χ1v) is 6.71. The number of carbonyl (C=O) groups excluding carboxylic acids is 1. The van der Waals surface area contributed by atoms with E-state index in [9.17, 15) is 4.79 Å². The molecule has 2 heterocycles. The molecular formula is C13H19N7O. The normalized spacial score (nSPS) is 10.7. The van der Waals surface area contributed by atoms with Gasteiger partial charge in [-0.1, -0.05) is 19.1 Å². The van der Waals surface area contributed by atoms with E-state index in [1.165, 1.54) is 0 Å². The van der Waals surface area contributed by atoms with Crippen LogP contribution in [-0.2, 0) is 6.54 Å². The van der Waals surface area contributed by atoms with E-state index in [2.05, 4.69) is 26.0 Å². The van der Waals surface area contributed by atoms with Crippen LogP contribution < -0.4 is 16.6 Å². The van der Waals surface area contributed by atoms with E-state index in [0.29, 0.717) is 24.5 Å². The summed E-state index contributed by atoms with van der Waals surface area (Å²) in [6, 6.07) is 3.40. The molecular weight excluding hydrogens is 270 g/mol. The van der Waals surface area contributed by atoms with Crippen LogP contribution in [0.1, 0.15) is 35.8 Å². The van der Waals surface area contributed by atoms with Crippen LogP contribution in [0.15, 0.2) is 24.5 Å². The van der Waals surface area contributed by atoms with Gasteiger partial charge in [0.05, 0.1) is 12.7 Å². The van der Waals surface area contributed by atoms with Gasteiger partial charge in [-0.05, 0) is 18.1 Å². The Balaban J connectivity index is 2.02. The fourth-order valence-electron chi connectivity index (χ4n) is 1.79. The van der Waals surface area contributed by atoms with Gasteiger partial charge in [-0.25, -0.2) is 10.8 Å². The van der Waals surface area contributed by atoms with E-state index >= 15 is 0 Å². The zero-order chi connectivity index (χ0) is 15.2. The fraction of sp³-hybridized carbons (Fsp3) is 0.385. The van der Waals surface area contributed by atoms with Gasteiger partial charge < -0.3 is 10.7 Å². The summed E-state index contributed by atoms with van der Waals surface area (Å²) < 4.78 is 1.65. The van der Waals surface area contributed by atoms with Crippen molar-refractivity contribution in [2.75, 3.05) is 12.0 Å². The molecule has 0 saturated heterocycles. The highest BCUT2D eigenvalue weighted by atomic mass is 16.1. The predicted molar refractivity (Wildman–Crippen MR) is 78.5 cm³/mol. The second kappa shape index (κ2) is 6.80. The quantitative estimate of drug-likeness (QED) is 0.528. The number of nitrogen functional groups attached to an aromatic ring is 1. The lowest BCUT2D eigenvalue weighted by molar-refractivity contribution is 0.0951. The van der Waals surface area contributed by atoms with Crippen LogP contribution in [-0.4, -0.2) is 32.4 Å². The van der Waals surface area contributed by atoms with Crippen molar-refractivity contribution in [3.63, 3.8) is 0 Å². The molecule has 2 rings (SSSR count). The van der Waals surface area contributed by atoms with Crippen molar-refractivity contribution in [1.29, 1.82) is 0 Å². The zero-order valence-corrected chi connectivity index (χ0v) is 12.1. The molecule has 2 aromatic rings. The predicted octanol–water partition coefficient (Wildman–Crippen LogP) is 0.512. The Morgan fingerprint density at radius 1 is 1.43 bits per heavy atom. The number of amides is 1. The number of pyridine rings is 1. The molecule has 0 aromatic carbocycles. The lowest BCUT2D eigenvalue weighted by atomic mass is 10.1. The highest BCUT2D eigenvalue weighted by Gasteiger charge is 2.11. The molecule has 4 N–H and O–H groups in total. The fourth-order valence-corrected chi connectivity index (χ4v) is 1.79. The van der Waals surface area contributed by atoms with Crippen LogP contribution in [0.5, 0.6) is 0 Å². The van der Waals surface area contributed by atoms with Crippen LogP contribution in [0.3, 0.4) is 0 Å². The van der Waals surface area contributed by atoms with Crippen LogP contribution in [0.2, 0.25) is 0 Å². The molecule has 0 aliphatic rings. The third kappa shape index (κ3) is 3.99. The molecule has 0 atom stereocenters. The van der Waals surface area contributed by atoms with Crippen molar-refractivity contribution < 1.29 is 4.79 Å². The number of nitrogens with zero attached hydrogens (tertiary/aromatic N) is 4. The summed E-state index contributed by atoms with van der Waals surface area (Å²) in [6.45, 7) is 5.05. The lowest BCUT2D eigenvalue weighted by Crippen LogP contribution is -2.28. The SMILES string of the molecule is CC(C)c1cc(C(=O)NCCn2ccnn2)cc(NN)n1. The van der Waals surface area contributed by atoms with Gasteiger partial charge in [-0.2, -0.15) is 0 Å². The number of aromatic nitrogens is 4. The maximum Gasteiger partial charge on any atom is 0.251 e. The van der Waals surface area contributed by atoms with Gasteiger partial charge in [0.2, 0.25) is 0 Å². The summed E-state index contributed by atoms with van der Waals surface area (Å²) in [5.41, 5.74) is 3.82. The first kappa shape index (κ1) is 14.9. The third-order valence-electron chi connectivity index (χ3n) is 2.95. The molecule has 0 fully saturated rings. The molecule has 0 radical (unpaired) electrons. The minimum Gasteiger partial charge on any atom is -0.350 e. The van der Waals surface area contributed by atoms with E-state index in [-0.39, 0.29) is 11.8 Å². The van der Waals surface area contributed by atoms with Crippen molar-refractivity contribution in [2.45, 2.75) is 26.3 Å². The topological polar surface area (TPSA) is 111 Å². The van der Waals surface area contributed by atoms with Gasteiger partial charge in [0, 0.05) is 24.0 Å². The van der Waals surface area contributed by atoms with Crippen molar-refractivity contribution in [1.82, 2.24) is 25.3 Å². The number of hydrogen-bond donors (Lipinski definition) is 3. The molecule has 8 nitrogen and oxygen atoms in total. The van der Waals surface area contributed by atoms with E-state index in [1.54, 1.807) is 29.2 Å². The largest absolute Gasteiger partial charge is 0.350 e. The van der Waals surface area contributed by atoms with Gasteiger partial charge in [-0.15, -0.1) is 5.10 Å². The summed E-state index contributed by atoms with van der Waals surface area (Å²) in [5, 5.41) is 10.4. The molecule has 0 aliphatic heterocycles. The summed E-state index contributed by atoms with van der Waals surface area (Å²) in [6.07, 6.45) is 3.34. The average Bonchev–Trinajstić information content (AvgIpc) is 2.99. The van der Waals surface area contributed by atoms with Gasteiger partial charge in [0.25, 0.3) is 5.91 Å². The standard InChI is InChI=1S/C13H19N7O/c1-9(2)11-7-10(8-12(17-11)18-14)13(21)15-3-5-20-6-4-16-19-20/h4,6-9H,3,5,14H2,1-2H3,(H,15,21)(H,17,18). The van der Waals surface area contributed by atoms with Crippen molar-refractivity contribution >= 4 is 11.7 Å². The Bertz CT molecular complexity index is 595. The summed E-state index contributed by atoms with van der Waals surface area (Å²) in [4.78, 5) is 16.5. The maximum atomic E-state index is 12.2. The van der Waals surface area contributed by atoms with Crippen LogP contribution in [0, 0.1) is 0 Å². The monoisotopic (exact) mass is 289 g/mol. The van der Waals surface area contributed by atoms with Crippen molar-refractivity contribution in [3.05, 3.63) is 35.8 Å². The zero-order valence-electron chi connectivity index (χ0n) is 12.1. The minimum atomic E-state index is -0.170. The molecule has 1 amide bonds. The molecule has 112 valence electrons. The smallest absolute Gasteiger partial charge is 0.251 e. The Kier molecular flexibility index (Phi) is 4.83. The number of nitrogens with two attached hydrogens (primary N) is 1. The third-order valence-corrected chi connectivity index (χ3v) is 2.95. The van der Waals surface area contributed by atoms with E-state index in [4.69, 9.17) is 5.84 Å². The second-order valence-electron chi connectivity index (χ2n) is 4.89. The van der Waals surface area contributed by atoms with Crippen LogP contribution in [0.4, 0.5) is 5.82 Å².